The van der Waals surface area contributed by atoms with Crippen LogP contribution in [0.1, 0.15) is 65.4 Å². The fourth-order valence-corrected chi connectivity index (χ4v) is 5.89. The molecule has 0 radical (unpaired) electrons. The number of nitrogens with one attached hydrogen (secondary N) is 1. The number of hydrogen-bond donors (Lipinski definition) is 1. The minimum absolute atomic E-state index is 0.0255. The molecule has 2 fully saturated rings. The number of ketones is 1. The van der Waals surface area contributed by atoms with Gasteiger partial charge in [0.25, 0.3) is 5.91 Å². The third-order valence-electron chi connectivity index (χ3n) is 8.21. The van der Waals surface area contributed by atoms with E-state index >= 15 is 0 Å². The molecule has 2 saturated heterocycles. The number of rotatable bonds is 10. The van der Waals surface area contributed by atoms with E-state index in [9.17, 15) is 27.6 Å². The van der Waals surface area contributed by atoms with Crippen LogP contribution in [0.25, 0.3) is 0 Å². The number of alkyl halides is 3. The number of amides is 2. The van der Waals surface area contributed by atoms with E-state index in [0.717, 1.165) is 31.5 Å². The molecule has 0 unspecified atom stereocenters. The average molecular weight is 639 g/mol. The van der Waals surface area contributed by atoms with Crippen molar-refractivity contribution >= 4 is 23.3 Å². The Bertz CT molecular complexity index is 1520. The Hall–Kier alpha value is -4.45. The van der Waals surface area contributed by atoms with Crippen molar-refractivity contribution in [3.63, 3.8) is 0 Å². The maximum atomic E-state index is 13.1. The lowest BCUT2D eigenvalue weighted by molar-refractivity contribution is -0.274. The Morgan fingerprint density at radius 2 is 1.63 bits per heavy atom. The Labute approximate surface area is 265 Å². The predicted octanol–water partition coefficient (Wildman–Crippen LogP) is 6.11. The highest BCUT2D eigenvalue weighted by molar-refractivity contribution is 5.97. The zero-order valence-electron chi connectivity index (χ0n) is 25.6. The molecular weight excluding hydrogens is 601 g/mol. The molecule has 2 amide bonds. The van der Waals surface area contributed by atoms with Gasteiger partial charge in [-0.15, -0.1) is 13.2 Å². The first-order valence-electron chi connectivity index (χ1n) is 15.4. The molecule has 46 heavy (non-hydrogen) atoms. The summed E-state index contributed by atoms with van der Waals surface area (Å²) < 4.78 is 47.7. The van der Waals surface area contributed by atoms with E-state index in [1.165, 1.54) is 25.3 Å². The molecule has 3 heterocycles. The quantitative estimate of drug-likeness (QED) is 0.268. The molecule has 0 atom stereocenters. The van der Waals surface area contributed by atoms with Crippen LogP contribution in [-0.4, -0.2) is 71.0 Å². The summed E-state index contributed by atoms with van der Waals surface area (Å²) in [5.41, 5.74) is 2.16. The number of hydrogen-bond acceptors (Lipinski definition) is 7. The number of benzene rings is 2. The van der Waals surface area contributed by atoms with Crippen molar-refractivity contribution < 1.29 is 37.0 Å². The van der Waals surface area contributed by atoms with E-state index in [1.54, 1.807) is 41.3 Å². The van der Waals surface area contributed by atoms with Gasteiger partial charge in [0.05, 0.1) is 0 Å². The second-order valence-electron chi connectivity index (χ2n) is 11.8. The Morgan fingerprint density at radius 1 is 0.913 bits per heavy atom. The van der Waals surface area contributed by atoms with Crippen LogP contribution in [0.2, 0.25) is 0 Å². The molecule has 1 aromatic heterocycles. The van der Waals surface area contributed by atoms with Crippen molar-refractivity contribution in [1.29, 1.82) is 0 Å². The molecule has 0 bridgehead atoms. The average Bonchev–Trinajstić information content (AvgIpc) is 3.01. The molecule has 0 saturated carbocycles. The number of Topliss-reactive ketones (excluding diaryl/α,β-unsaturated/α-hetero) is 1. The van der Waals surface area contributed by atoms with Crippen molar-refractivity contribution in [1.82, 2.24) is 14.8 Å². The zero-order chi connectivity index (χ0) is 32.7. The Kier molecular flexibility index (Phi) is 10.6. The number of halogens is 3. The highest BCUT2D eigenvalue weighted by atomic mass is 19.4. The van der Waals surface area contributed by atoms with Gasteiger partial charge in [-0.25, -0.2) is 0 Å². The van der Waals surface area contributed by atoms with Crippen LogP contribution in [0, 0.1) is 5.92 Å². The molecular formula is C34H37F3N4O5. The summed E-state index contributed by atoms with van der Waals surface area (Å²) >= 11 is 0. The molecule has 2 aliphatic rings. The number of carbonyl (C=O) groups excluding carboxylic acids is 3. The van der Waals surface area contributed by atoms with Gasteiger partial charge in [0.15, 0.2) is 5.78 Å². The van der Waals surface area contributed by atoms with E-state index in [1.807, 2.05) is 12.1 Å². The van der Waals surface area contributed by atoms with Crippen LogP contribution < -0.4 is 14.8 Å². The fraction of sp³-hybridized carbons (Fsp3) is 0.412. The summed E-state index contributed by atoms with van der Waals surface area (Å²) in [5.74, 6) is 0.256. The summed E-state index contributed by atoms with van der Waals surface area (Å²) in [6.07, 6.45) is -0.0226. The second kappa shape index (κ2) is 14.8. The molecule has 12 heteroatoms. The molecule has 5 rings (SSSR count). The second-order valence-corrected chi connectivity index (χ2v) is 11.8. The maximum Gasteiger partial charge on any atom is 0.573 e. The minimum atomic E-state index is -4.73. The van der Waals surface area contributed by atoms with Crippen LogP contribution in [0.3, 0.4) is 0 Å². The van der Waals surface area contributed by atoms with E-state index in [0.29, 0.717) is 55.9 Å². The first kappa shape index (κ1) is 32.9. The first-order chi connectivity index (χ1) is 22.0. The lowest BCUT2D eigenvalue weighted by atomic mass is 9.90. The Morgan fingerprint density at radius 3 is 2.30 bits per heavy atom. The number of nitrogens with zero attached hydrogens (tertiary/aromatic N) is 3. The molecule has 0 spiro atoms. The van der Waals surface area contributed by atoms with Gasteiger partial charge in [-0.3, -0.25) is 24.3 Å². The minimum Gasteiger partial charge on any atom is -0.490 e. The maximum absolute atomic E-state index is 13.1. The number of anilines is 1. The number of carbonyl (C=O) groups is 3. The lowest BCUT2D eigenvalue weighted by Gasteiger charge is -2.32. The van der Waals surface area contributed by atoms with Crippen LogP contribution >= 0.6 is 0 Å². The molecule has 2 aromatic carbocycles. The van der Waals surface area contributed by atoms with Gasteiger partial charge >= 0.3 is 6.36 Å². The molecule has 3 aromatic rings. The number of piperidine rings is 2. The van der Waals surface area contributed by atoms with E-state index < -0.39 is 6.36 Å². The van der Waals surface area contributed by atoms with Gasteiger partial charge < -0.3 is 19.7 Å². The summed E-state index contributed by atoms with van der Waals surface area (Å²) in [6, 6.07) is 16.5. The van der Waals surface area contributed by atoms with Crippen LogP contribution in [0.15, 0.2) is 66.9 Å². The highest BCUT2D eigenvalue weighted by Crippen LogP contribution is 2.27. The van der Waals surface area contributed by atoms with Crippen LogP contribution in [0.5, 0.6) is 11.5 Å². The van der Waals surface area contributed by atoms with E-state index in [2.05, 4.69) is 19.9 Å². The molecule has 1 N–H and O–H groups in total. The fourth-order valence-electron chi connectivity index (χ4n) is 5.89. The van der Waals surface area contributed by atoms with Crippen molar-refractivity contribution in [3.8, 4) is 11.5 Å². The smallest absolute Gasteiger partial charge is 0.490 e. The van der Waals surface area contributed by atoms with Gasteiger partial charge in [-0.2, -0.15) is 0 Å². The number of ether oxygens (including phenoxy) is 2. The van der Waals surface area contributed by atoms with Crippen LogP contribution in [-0.2, 0) is 11.3 Å². The summed E-state index contributed by atoms with van der Waals surface area (Å²) in [7, 11) is 0. The van der Waals surface area contributed by atoms with Gasteiger partial charge in [0, 0.05) is 69.3 Å². The predicted molar refractivity (Wildman–Crippen MR) is 165 cm³/mol. The summed E-state index contributed by atoms with van der Waals surface area (Å²) in [4.78, 5) is 45.6. The van der Waals surface area contributed by atoms with Crippen molar-refractivity contribution in [2.75, 3.05) is 31.5 Å². The van der Waals surface area contributed by atoms with E-state index in [4.69, 9.17) is 4.74 Å². The number of pyridine rings is 1. The molecule has 0 aliphatic carbocycles. The third-order valence-corrected chi connectivity index (χ3v) is 8.21. The van der Waals surface area contributed by atoms with Gasteiger partial charge in [-0.05, 0) is 73.8 Å². The zero-order valence-corrected chi connectivity index (χ0v) is 25.6. The first-order valence-corrected chi connectivity index (χ1v) is 15.4. The summed E-state index contributed by atoms with van der Waals surface area (Å²) in [6.45, 7) is 4.46. The van der Waals surface area contributed by atoms with Gasteiger partial charge in [-0.1, -0.05) is 18.2 Å². The van der Waals surface area contributed by atoms with Crippen molar-refractivity contribution in [2.24, 2.45) is 5.92 Å². The van der Waals surface area contributed by atoms with Crippen molar-refractivity contribution in [3.05, 3.63) is 83.7 Å². The lowest BCUT2D eigenvalue weighted by Crippen LogP contribution is -2.42. The van der Waals surface area contributed by atoms with Gasteiger partial charge in [0.1, 0.15) is 23.3 Å². The van der Waals surface area contributed by atoms with Crippen molar-refractivity contribution in [2.45, 2.75) is 58.0 Å². The largest absolute Gasteiger partial charge is 0.573 e. The SMILES string of the molecule is CC(=O)Nc1cccc(OC2CCN(C(=O)c3ccc(C(=O)CC4CCN(Cc5cccc(OC(F)(F)F)c5)CC4)cn3)CC2)c1. The highest BCUT2D eigenvalue weighted by Gasteiger charge is 2.31. The number of aromatic nitrogens is 1. The standard InChI is InChI=1S/C34H37F3N4O5/c1-23(42)39-27-5-3-6-29(20-27)45-28-12-16-41(17-13-28)33(44)31-9-8-26(21-38-31)32(43)19-24-10-14-40(15-11-24)22-25-4-2-7-30(18-25)46-34(35,36)37/h2-9,18,20-21,24,28H,10-17,19,22H2,1H3,(H,39,42). The Balaban J connectivity index is 1.04. The normalized spacial score (nSPS) is 16.6. The third kappa shape index (κ3) is 9.53. The molecule has 2 aliphatic heterocycles. The summed E-state index contributed by atoms with van der Waals surface area (Å²) in [5, 5.41) is 2.74. The molecule has 9 nitrogen and oxygen atoms in total. The van der Waals surface area contributed by atoms with Crippen LogP contribution in [0.4, 0.5) is 18.9 Å². The monoisotopic (exact) mass is 638 g/mol. The van der Waals surface area contributed by atoms with Gasteiger partial charge in [0.2, 0.25) is 5.91 Å². The van der Waals surface area contributed by atoms with E-state index in [-0.39, 0.29) is 41.1 Å². The number of likely N-dealkylation sites (tertiary alicyclic amines) is 2. The topological polar surface area (TPSA) is 101 Å². The molecule has 244 valence electrons.